The largest absolute Gasteiger partial charge is 0.289 e. The van der Waals surface area contributed by atoms with Gasteiger partial charge in [0.1, 0.15) is 5.82 Å². The van der Waals surface area contributed by atoms with E-state index in [2.05, 4.69) is 0 Å². The van der Waals surface area contributed by atoms with Gasteiger partial charge in [-0.05, 0) is 75.1 Å². The molecule has 2 aliphatic carbocycles. The number of hydroxylamine groups is 1. The van der Waals surface area contributed by atoms with Crippen molar-refractivity contribution in [2.45, 2.75) is 51.9 Å². The van der Waals surface area contributed by atoms with Crippen molar-refractivity contribution >= 4 is 11.6 Å². The molecule has 0 bridgehead atoms. The van der Waals surface area contributed by atoms with E-state index in [-0.39, 0.29) is 5.82 Å². The zero-order chi connectivity index (χ0) is 17.5. The van der Waals surface area contributed by atoms with Gasteiger partial charge in [-0.3, -0.25) is 15.0 Å². The van der Waals surface area contributed by atoms with Crippen molar-refractivity contribution in [1.82, 2.24) is 5.48 Å². The Kier molecular flexibility index (Phi) is 4.30. The van der Waals surface area contributed by atoms with Crippen LogP contribution in [0.4, 0.5) is 4.39 Å². The molecule has 3 rings (SSSR count). The first-order valence-corrected chi connectivity index (χ1v) is 8.37. The second-order valence-electron chi connectivity index (χ2n) is 6.86. The molecule has 0 unspecified atom stereocenters. The van der Waals surface area contributed by atoms with Gasteiger partial charge in [0.15, 0.2) is 0 Å². The van der Waals surface area contributed by atoms with Crippen LogP contribution in [0.5, 0.6) is 0 Å². The Morgan fingerprint density at radius 3 is 2.71 bits per heavy atom. The molecule has 128 valence electrons. The van der Waals surface area contributed by atoms with Crippen molar-refractivity contribution in [3.05, 3.63) is 46.4 Å². The molecule has 5 heteroatoms. The minimum Gasteiger partial charge on any atom is -0.289 e. The zero-order valence-corrected chi connectivity index (χ0v) is 14.3. The lowest BCUT2D eigenvalue weighted by Gasteiger charge is -2.30. The van der Waals surface area contributed by atoms with Gasteiger partial charge < -0.3 is 0 Å². The van der Waals surface area contributed by atoms with Crippen molar-refractivity contribution in [2.24, 2.45) is 10.9 Å². The number of hydrogen-bond donors (Lipinski definition) is 2. The monoisotopic (exact) mass is 330 g/mol. The number of aliphatic imine (C=N–C) groups is 1. The fourth-order valence-corrected chi connectivity index (χ4v) is 3.78. The van der Waals surface area contributed by atoms with Gasteiger partial charge in [0.05, 0.1) is 5.41 Å². The highest BCUT2D eigenvalue weighted by molar-refractivity contribution is 5.93. The Bertz CT molecular complexity index is 750. The molecule has 2 aliphatic rings. The highest BCUT2D eigenvalue weighted by atomic mass is 19.1. The fourth-order valence-electron chi connectivity index (χ4n) is 3.78. The number of carbonyl (C=O) groups is 1. The molecule has 1 atom stereocenters. The standard InChI is InChI=1S/C19H23FN2O2/c1-11-15(5-4-6-16(11)20)19(18(23)22-24)10-9-17(12(19)2)21-13(3)14-7-8-14/h4-6,14,24H,7-10H2,1-3H3,(H,22,23)/b21-13+/t19-/m0/s1. The van der Waals surface area contributed by atoms with Crippen molar-refractivity contribution in [1.29, 1.82) is 0 Å². The third-order valence-corrected chi connectivity index (χ3v) is 5.51. The average molecular weight is 330 g/mol. The van der Waals surface area contributed by atoms with E-state index in [1.165, 1.54) is 18.9 Å². The number of halogens is 1. The van der Waals surface area contributed by atoms with E-state index < -0.39 is 11.3 Å². The lowest BCUT2D eigenvalue weighted by molar-refractivity contribution is -0.133. The average Bonchev–Trinajstić information content (AvgIpc) is 3.37. The maximum atomic E-state index is 14.1. The van der Waals surface area contributed by atoms with Crippen molar-refractivity contribution in [3.8, 4) is 0 Å². The molecule has 0 aliphatic heterocycles. The number of carbonyl (C=O) groups excluding carboxylic acids is 1. The maximum absolute atomic E-state index is 14.1. The lowest BCUT2D eigenvalue weighted by atomic mass is 9.73. The normalized spacial score (nSPS) is 24.5. The molecule has 1 aromatic carbocycles. The minimum atomic E-state index is -1.07. The molecule has 1 aromatic rings. The second-order valence-corrected chi connectivity index (χ2v) is 6.86. The van der Waals surface area contributed by atoms with E-state index >= 15 is 0 Å². The number of allylic oxidation sites excluding steroid dienone is 1. The molecule has 0 spiro atoms. The molecular formula is C19H23FN2O2. The summed E-state index contributed by atoms with van der Waals surface area (Å²) in [6, 6.07) is 4.75. The summed E-state index contributed by atoms with van der Waals surface area (Å²) in [6.45, 7) is 5.56. The van der Waals surface area contributed by atoms with E-state index in [9.17, 15) is 14.4 Å². The van der Waals surface area contributed by atoms with E-state index in [1.54, 1.807) is 24.5 Å². The van der Waals surface area contributed by atoms with Gasteiger partial charge in [-0.2, -0.15) is 0 Å². The predicted octanol–water partition coefficient (Wildman–Crippen LogP) is 3.82. The molecular weight excluding hydrogens is 307 g/mol. The van der Waals surface area contributed by atoms with E-state index in [4.69, 9.17) is 4.99 Å². The number of hydrogen-bond acceptors (Lipinski definition) is 3. The molecule has 0 heterocycles. The van der Waals surface area contributed by atoms with Gasteiger partial charge in [-0.25, -0.2) is 9.87 Å². The van der Waals surface area contributed by atoms with Gasteiger partial charge in [-0.15, -0.1) is 0 Å². The summed E-state index contributed by atoms with van der Waals surface area (Å²) in [5, 5.41) is 9.31. The Morgan fingerprint density at radius 2 is 2.08 bits per heavy atom. The second kappa shape index (κ2) is 6.13. The van der Waals surface area contributed by atoms with E-state index in [0.29, 0.717) is 29.9 Å². The van der Waals surface area contributed by atoms with Crippen molar-refractivity contribution in [2.75, 3.05) is 0 Å². The summed E-state index contributed by atoms with van der Waals surface area (Å²) < 4.78 is 14.1. The van der Waals surface area contributed by atoms with Crippen LogP contribution in [0, 0.1) is 18.7 Å². The highest BCUT2D eigenvalue weighted by Gasteiger charge is 2.48. The molecule has 0 saturated heterocycles. The number of nitrogens with zero attached hydrogens (tertiary/aromatic N) is 1. The quantitative estimate of drug-likeness (QED) is 0.501. The molecule has 1 amide bonds. The molecule has 4 nitrogen and oxygen atoms in total. The smallest absolute Gasteiger partial charge is 0.258 e. The third-order valence-electron chi connectivity index (χ3n) is 5.51. The molecule has 1 fully saturated rings. The third kappa shape index (κ3) is 2.57. The SMILES string of the molecule is CC1=C(/N=C(\C)C2CC2)CC[C@@]1(C(=O)NO)c1cccc(F)c1C. The molecule has 0 aromatic heterocycles. The van der Waals surface area contributed by atoms with E-state index in [1.807, 2.05) is 13.8 Å². The van der Waals surface area contributed by atoms with Crippen LogP contribution < -0.4 is 5.48 Å². The summed E-state index contributed by atoms with van der Waals surface area (Å²) in [6.07, 6.45) is 3.46. The fraction of sp³-hybridized carbons (Fsp3) is 0.474. The molecule has 24 heavy (non-hydrogen) atoms. The summed E-state index contributed by atoms with van der Waals surface area (Å²) in [5.41, 5.74) is 4.53. The van der Waals surface area contributed by atoms with Gasteiger partial charge in [0, 0.05) is 11.4 Å². The van der Waals surface area contributed by atoms with Crippen molar-refractivity contribution < 1.29 is 14.4 Å². The van der Waals surface area contributed by atoms with Crippen LogP contribution in [-0.4, -0.2) is 16.8 Å². The van der Waals surface area contributed by atoms with Crippen LogP contribution in [0.25, 0.3) is 0 Å². The Morgan fingerprint density at radius 1 is 1.38 bits per heavy atom. The highest BCUT2D eigenvalue weighted by Crippen LogP contribution is 2.47. The summed E-state index contributed by atoms with van der Waals surface area (Å²) in [4.78, 5) is 17.4. The van der Waals surface area contributed by atoms with Crippen LogP contribution in [0.1, 0.15) is 50.7 Å². The van der Waals surface area contributed by atoms with Crippen LogP contribution in [-0.2, 0) is 10.2 Å². The molecule has 0 radical (unpaired) electrons. The molecule has 2 N–H and O–H groups in total. The van der Waals surface area contributed by atoms with Gasteiger partial charge in [-0.1, -0.05) is 12.1 Å². The zero-order valence-electron chi connectivity index (χ0n) is 14.3. The van der Waals surface area contributed by atoms with Crippen molar-refractivity contribution in [3.63, 3.8) is 0 Å². The summed E-state index contributed by atoms with van der Waals surface area (Å²) >= 11 is 0. The Labute approximate surface area is 141 Å². The number of benzene rings is 1. The number of amides is 1. The van der Waals surface area contributed by atoms with Gasteiger partial charge >= 0.3 is 0 Å². The van der Waals surface area contributed by atoms with E-state index in [0.717, 1.165) is 17.0 Å². The summed E-state index contributed by atoms with van der Waals surface area (Å²) in [5.74, 6) is -0.317. The van der Waals surface area contributed by atoms with Crippen LogP contribution >= 0.6 is 0 Å². The Balaban J connectivity index is 2.14. The summed E-state index contributed by atoms with van der Waals surface area (Å²) in [7, 11) is 0. The van der Waals surface area contributed by atoms with Crippen LogP contribution in [0.15, 0.2) is 34.5 Å². The number of nitrogens with one attached hydrogen (secondary N) is 1. The van der Waals surface area contributed by atoms with Crippen LogP contribution in [0.2, 0.25) is 0 Å². The number of rotatable bonds is 4. The topological polar surface area (TPSA) is 61.7 Å². The van der Waals surface area contributed by atoms with Gasteiger partial charge in [0.2, 0.25) is 0 Å². The Hall–Kier alpha value is -2.01. The maximum Gasteiger partial charge on any atom is 0.258 e. The lowest BCUT2D eigenvalue weighted by Crippen LogP contribution is -2.43. The minimum absolute atomic E-state index is 0.350. The first-order valence-electron chi connectivity index (χ1n) is 8.37. The predicted molar refractivity (Wildman–Crippen MR) is 90.5 cm³/mol. The first-order chi connectivity index (χ1) is 11.4. The van der Waals surface area contributed by atoms with Crippen LogP contribution in [0.3, 0.4) is 0 Å². The molecule has 1 saturated carbocycles. The van der Waals surface area contributed by atoms with Gasteiger partial charge in [0.25, 0.3) is 5.91 Å². The first kappa shape index (κ1) is 16.8.